The van der Waals surface area contributed by atoms with Gasteiger partial charge in [-0.1, -0.05) is 12.1 Å². The van der Waals surface area contributed by atoms with Crippen molar-refractivity contribution >= 4 is 0 Å². The third-order valence-electron chi connectivity index (χ3n) is 3.82. The molecule has 1 heterocycles. The monoisotopic (exact) mass is 258 g/mol. The molecule has 1 atom stereocenters. The molecule has 0 aliphatic heterocycles. The van der Waals surface area contributed by atoms with Crippen molar-refractivity contribution in [2.75, 3.05) is 7.05 Å². The molecule has 1 unspecified atom stereocenters. The van der Waals surface area contributed by atoms with Crippen molar-refractivity contribution in [3.05, 3.63) is 59.7 Å². The van der Waals surface area contributed by atoms with E-state index in [4.69, 9.17) is 0 Å². The highest BCUT2D eigenvalue weighted by Gasteiger charge is 2.31. The minimum atomic E-state index is -0.180. The molecule has 1 fully saturated rings. The minimum absolute atomic E-state index is 0.180. The van der Waals surface area contributed by atoms with Gasteiger partial charge in [-0.2, -0.15) is 0 Å². The predicted octanol–water partition coefficient (Wildman–Crippen LogP) is 3.35. The average molecular weight is 258 g/mol. The Morgan fingerprint density at radius 1 is 1.26 bits per heavy atom. The Labute approximate surface area is 113 Å². The van der Waals surface area contributed by atoms with E-state index in [1.165, 1.54) is 30.5 Å². The third-order valence-corrected chi connectivity index (χ3v) is 3.82. The first kappa shape index (κ1) is 12.4. The van der Waals surface area contributed by atoms with E-state index in [1.54, 1.807) is 0 Å². The van der Waals surface area contributed by atoms with Crippen LogP contribution < -0.4 is 5.32 Å². The molecule has 2 nitrogen and oxygen atoms in total. The second-order valence-corrected chi connectivity index (χ2v) is 5.35. The van der Waals surface area contributed by atoms with Gasteiger partial charge in [-0.15, -0.1) is 0 Å². The van der Waals surface area contributed by atoms with E-state index in [2.05, 4.69) is 28.3 Å². The molecular weight excluding hydrogens is 239 g/mol. The number of aromatic nitrogens is 1. The first-order valence-electron chi connectivity index (χ1n) is 6.83. The highest BCUT2D eigenvalue weighted by molar-refractivity contribution is 5.21. The predicted molar refractivity (Wildman–Crippen MR) is 74.5 cm³/mol. The van der Waals surface area contributed by atoms with Crippen LogP contribution in [0, 0.1) is 11.7 Å². The molecule has 2 aromatic rings. The van der Waals surface area contributed by atoms with Crippen molar-refractivity contribution in [1.29, 1.82) is 0 Å². The summed E-state index contributed by atoms with van der Waals surface area (Å²) < 4.78 is 15.0. The lowest BCUT2D eigenvalue weighted by molar-refractivity contribution is 0.528. The van der Waals surface area contributed by atoms with Gasteiger partial charge in [0.1, 0.15) is 5.82 Å². The number of halogens is 1. The van der Waals surface area contributed by atoms with Crippen LogP contribution in [-0.4, -0.2) is 11.6 Å². The fraction of sp³-hybridized carbons (Fsp3) is 0.375. The smallest absolute Gasteiger partial charge is 0.123 e. The summed E-state index contributed by atoms with van der Waals surface area (Å²) in [6.45, 7) is 0.793. The molecular formula is C16H19FN2. The fourth-order valence-corrected chi connectivity index (χ4v) is 2.65. The first-order valence-corrected chi connectivity index (χ1v) is 6.83. The summed E-state index contributed by atoms with van der Waals surface area (Å²) in [5, 5.41) is 3.40. The van der Waals surface area contributed by atoms with Crippen LogP contribution in [-0.2, 0) is 6.54 Å². The molecule has 100 valence electrons. The van der Waals surface area contributed by atoms with Crippen LogP contribution in [0.15, 0.2) is 42.7 Å². The van der Waals surface area contributed by atoms with Crippen molar-refractivity contribution < 1.29 is 4.39 Å². The Morgan fingerprint density at radius 2 is 2.00 bits per heavy atom. The van der Waals surface area contributed by atoms with Crippen LogP contribution in [0.25, 0.3) is 0 Å². The maximum absolute atomic E-state index is 12.9. The van der Waals surface area contributed by atoms with E-state index in [0.717, 1.165) is 18.0 Å². The van der Waals surface area contributed by atoms with E-state index >= 15 is 0 Å². The van der Waals surface area contributed by atoms with Crippen LogP contribution in [0.3, 0.4) is 0 Å². The summed E-state index contributed by atoms with van der Waals surface area (Å²) in [7, 11) is 2.03. The van der Waals surface area contributed by atoms with Gasteiger partial charge in [-0.3, -0.25) is 0 Å². The number of hydrogen-bond acceptors (Lipinski definition) is 1. The van der Waals surface area contributed by atoms with E-state index < -0.39 is 0 Å². The standard InChI is InChI=1S/C16H19FN2/c1-18-16(13-4-5-13)14-8-9-19(11-14)10-12-2-6-15(17)7-3-12/h2-3,6-9,11,13,16,18H,4-5,10H2,1H3. The van der Waals surface area contributed by atoms with Crippen molar-refractivity contribution in [2.24, 2.45) is 5.92 Å². The van der Waals surface area contributed by atoms with Gasteiger partial charge < -0.3 is 9.88 Å². The zero-order chi connectivity index (χ0) is 13.2. The zero-order valence-corrected chi connectivity index (χ0v) is 11.1. The van der Waals surface area contributed by atoms with Crippen molar-refractivity contribution in [2.45, 2.75) is 25.4 Å². The summed E-state index contributed by atoms with van der Waals surface area (Å²) in [5.74, 6) is 0.618. The highest BCUT2D eigenvalue weighted by Crippen LogP contribution is 2.40. The van der Waals surface area contributed by atoms with Crippen LogP contribution >= 0.6 is 0 Å². The molecule has 0 spiro atoms. The lowest BCUT2D eigenvalue weighted by Crippen LogP contribution is -2.17. The van der Waals surface area contributed by atoms with Crippen LogP contribution in [0.4, 0.5) is 4.39 Å². The van der Waals surface area contributed by atoms with Gasteiger partial charge in [0.05, 0.1) is 0 Å². The van der Waals surface area contributed by atoms with Gasteiger partial charge in [0.15, 0.2) is 0 Å². The lowest BCUT2D eigenvalue weighted by Gasteiger charge is -2.13. The quantitative estimate of drug-likeness (QED) is 0.870. The van der Waals surface area contributed by atoms with E-state index in [-0.39, 0.29) is 5.82 Å². The molecule has 1 aliphatic carbocycles. The molecule has 0 saturated heterocycles. The number of nitrogens with zero attached hydrogens (tertiary/aromatic N) is 1. The summed E-state index contributed by atoms with van der Waals surface area (Å²) in [4.78, 5) is 0. The summed E-state index contributed by atoms with van der Waals surface area (Å²) in [5.41, 5.74) is 2.48. The van der Waals surface area contributed by atoms with Gasteiger partial charge in [0, 0.05) is 25.0 Å². The summed E-state index contributed by atoms with van der Waals surface area (Å²) in [6, 6.07) is 9.37. The number of hydrogen-bond donors (Lipinski definition) is 1. The first-order chi connectivity index (χ1) is 9.26. The Morgan fingerprint density at radius 3 is 2.63 bits per heavy atom. The molecule has 0 radical (unpaired) electrons. The highest BCUT2D eigenvalue weighted by atomic mass is 19.1. The number of nitrogens with one attached hydrogen (secondary N) is 1. The lowest BCUT2D eigenvalue weighted by atomic mass is 10.1. The Bertz CT molecular complexity index is 540. The van der Waals surface area contributed by atoms with Gasteiger partial charge in [0.2, 0.25) is 0 Å². The molecule has 1 aromatic heterocycles. The molecule has 1 N–H and O–H groups in total. The topological polar surface area (TPSA) is 17.0 Å². The van der Waals surface area contributed by atoms with E-state index in [1.807, 2.05) is 19.2 Å². The Hall–Kier alpha value is -1.61. The van der Waals surface area contributed by atoms with E-state index in [9.17, 15) is 4.39 Å². The van der Waals surface area contributed by atoms with Crippen LogP contribution in [0.1, 0.15) is 30.0 Å². The molecule has 19 heavy (non-hydrogen) atoms. The third kappa shape index (κ3) is 2.87. The summed E-state index contributed by atoms with van der Waals surface area (Å²) in [6.07, 6.45) is 6.96. The maximum Gasteiger partial charge on any atom is 0.123 e. The van der Waals surface area contributed by atoms with Gasteiger partial charge in [-0.25, -0.2) is 4.39 Å². The second kappa shape index (κ2) is 5.17. The normalized spacial score (nSPS) is 16.5. The molecule has 1 saturated carbocycles. The van der Waals surface area contributed by atoms with Crippen LogP contribution in [0.2, 0.25) is 0 Å². The molecule has 3 heteroatoms. The molecule has 3 rings (SSSR count). The fourth-order valence-electron chi connectivity index (χ4n) is 2.65. The number of benzene rings is 1. The minimum Gasteiger partial charge on any atom is -0.350 e. The van der Waals surface area contributed by atoms with E-state index in [0.29, 0.717) is 6.04 Å². The van der Waals surface area contributed by atoms with Crippen molar-refractivity contribution in [3.8, 4) is 0 Å². The number of rotatable bonds is 5. The molecule has 0 bridgehead atoms. The van der Waals surface area contributed by atoms with Crippen molar-refractivity contribution in [1.82, 2.24) is 9.88 Å². The van der Waals surface area contributed by atoms with Crippen molar-refractivity contribution in [3.63, 3.8) is 0 Å². The SMILES string of the molecule is CNC(c1ccn(Cc2ccc(F)cc2)c1)C1CC1. The summed E-state index contributed by atoms with van der Waals surface area (Å²) >= 11 is 0. The Kier molecular flexibility index (Phi) is 3.38. The average Bonchev–Trinajstić information content (AvgIpc) is 3.14. The second-order valence-electron chi connectivity index (χ2n) is 5.35. The van der Waals surface area contributed by atoms with Crippen LogP contribution in [0.5, 0.6) is 0 Å². The van der Waals surface area contributed by atoms with Gasteiger partial charge in [0.25, 0.3) is 0 Å². The largest absolute Gasteiger partial charge is 0.350 e. The van der Waals surface area contributed by atoms with Gasteiger partial charge >= 0.3 is 0 Å². The van der Waals surface area contributed by atoms with Gasteiger partial charge in [-0.05, 0) is 55.1 Å². The molecule has 1 aromatic carbocycles. The Balaban J connectivity index is 1.72. The molecule has 1 aliphatic rings. The maximum atomic E-state index is 12.9. The molecule has 0 amide bonds. The zero-order valence-electron chi connectivity index (χ0n) is 11.1.